The highest BCUT2D eigenvalue weighted by molar-refractivity contribution is 14.1. The molecule has 0 saturated carbocycles. The molecule has 0 radical (unpaired) electrons. The third kappa shape index (κ3) is 2.13. The lowest BCUT2D eigenvalue weighted by atomic mass is 10.1. The Morgan fingerprint density at radius 1 is 1.17 bits per heavy atom. The highest BCUT2D eigenvalue weighted by atomic mass is 127. The Morgan fingerprint density at radius 3 is 2.65 bits per heavy atom. The van der Waals surface area contributed by atoms with E-state index < -0.39 is 0 Å². The maximum atomic E-state index is 12.9. The number of anilines is 2. The van der Waals surface area contributed by atoms with E-state index in [0.717, 1.165) is 10.1 Å². The highest BCUT2D eigenvalue weighted by Crippen LogP contribution is 2.38. The molecule has 3 aromatic rings. The number of hydrogen-bond donors (Lipinski definition) is 0. The van der Waals surface area contributed by atoms with Gasteiger partial charge in [0.15, 0.2) is 11.2 Å². The molecule has 0 N–H and O–H groups in total. The van der Waals surface area contributed by atoms with Crippen LogP contribution in [-0.4, -0.2) is 30.0 Å². The summed E-state index contributed by atoms with van der Waals surface area (Å²) in [6, 6.07) is 10.2. The summed E-state index contributed by atoms with van der Waals surface area (Å²) in [7, 11) is 0. The van der Waals surface area contributed by atoms with Gasteiger partial charge in [0.2, 0.25) is 5.95 Å². The molecule has 7 heteroatoms. The quantitative estimate of drug-likeness (QED) is 0.472. The van der Waals surface area contributed by atoms with Gasteiger partial charge < -0.3 is 4.90 Å². The smallest absolute Gasteiger partial charge is 0.283 e. The molecule has 2 aromatic heterocycles. The standard InChI is InChI=1S/C16H14IN5O/c1-10-12(9-17)22(11-5-3-2-4-6-11)16-20-14-13(15(23)21(10)16)18-7-8-19-14/h2-8,10,12H,9H2,1H3/t10-,12-/m1/s1. The summed E-state index contributed by atoms with van der Waals surface area (Å²) in [5.74, 6) is 0.642. The number of alkyl halides is 1. The van der Waals surface area contributed by atoms with Gasteiger partial charge in [0.1, 0.15) is 0 Å². The van der Waals surface area contributed by atoms with Crippen LogP contribution in [0.5, 0.6) is 0 Å². The van der Waals surface area contributed by atoms with E-state index in [9.17, 15) is 4.79 Å². The van der Waals surface area contributed by atoms with Crippen molar-refractivity contribution >= 4 is 45.4 Å². The van der Waals surface area contributed by atoms with Crippen LogP contribution in [0, 0.1) is 0 Å². The average molecular weight is 419 g/mol. The molecule has 6 nitrogen and oxygen atoms in total. The van der Waals surface area contributed by atoms with Crippen molar-refractivity contribution in [2.24, 2.45) is 0 Å². The van der Waals surface area contributed by atoms with Gasteiger partial charge in [-0.15, -0.1) is 0 Å². The number of fused-ring (bicyclic) bond motifs is 2. The van der Waals surface area contributed by atoms with E-state index in [1.807, 2.05) is 30.3 Å². The van der Waals surface area contributed by atoms with Gasteiger partial charge in [-0.05, 0) is 19.1 Å². The van der Waals surface area contributed by atoms with Gasteiger partial charge in [-0.25, -0.2) is 9.97 Å². The van der Waals surface area contributed by atoms with E-state index in [1.54, 1.807) is 10.8 Å². The Labute approximate surface area is 146 Å². The van der Waals surface area contributed by atoms with Gasteiger partial charge in [-0.1, -0.05) is 40.8 Å². The summed E-state index contributed by atoms with van der Waals surface area (Å²) in [6.45, 7) is 2.06. The summed E-state index contributed by atoms with van der Waals surface area (Å²) < 4.78 is 2.63. The fourth-order valence-electron chi connectivity index (χ4n) is 3.08. The van der Waals surface area contributed by atoms with Crippen molar-refractivity contribution in [2.45, 2.75) is 19.0 Å². The molecular formula is C16H14IN5O. The minimum atomic E-state index is -0.126. The lowest BCUT2D eigenvalue weighted by Crippen LogP contribution is -2.31. The third-order valence-electron chi connectivity index (χ3n) is 4.23. The molecule has 1 aromatic carbocycles. The summed E-state index contributed by atoms with van der Waals surface area (Å²) in [6.07, 6.45) is 3.09. The number of para-hydroxylation sites is 1. The van der Waals surface area contributed by atoms with E-state index >= 15 is 0 Å². The third-order valence-corrected chi connectivity index (χ3v) is 5.13. The van der Waals surface area contributed by atoms with Crippen LogP contribution in [0.3, 0.4) is 0 Å². The largest absolute Gasteiger partial charge is 0.306 e. The number of aromatic nitrogens is 4. The number of benzene rings is 1. The zero-order valence-corrected chi connectivity index (χ0v) is 14.6. The minimum Gasteiger partial charge on any atom is -0.306 e. The predicted molar refractivity (Wildman–Crippen MR) is 97.6 cm³/mol. The van der Waals surface area contributed by atoms with Gasteiger partial charge in [-0.3, -0.25) is 9.36 Å². The Morgan fingerprint density at radius 2 is 1.91 bits per heavy atom. The van der Waals surface area contributed by atoms with Crippen molar-refractivity contribution < 1.29 is 0 Å². The summed E-state index contributed by atoms with van der Waals surface area (Å²) in [5.41, 5.74) is 1.62. The molecule has 0 bridgehead atoms. The van der Waals surface area contributed by atoms with Crippen LogP contribution in [0.2, 0.25) is 0 Å². The lowest BCUT2D eigenvalue weighted by molar-refractivity contribution is 0.524. The van der Waals surface area contributed by atoms with E-state index in [4.69, 9.17) is 0 Å². The van der Waals surface area contributed by atoms with Crippen molar-refractivity contribution in [3.63, 3.8) is 0 Å². The summed E-state index contributed by atoms with van der Waals surface area (Å²) in [5, 5.41) is 0. The molecule has 4 rings (SSSR count). The molecule has 0 saturated heterocycles. The van der Waals surface area contributed by atoms with Crippen LogP contribution in [0.25, 0.3) is 11.2 Å². The van der Waals surface area contributed by atoms with Crippen molar-refractivity contribution in [3.8, 4) is 0 Å². The van der Waals surface area contributed by atoms with Crippen molar-refractivity contribution in [1.82, 2.24) is 19.5 Å². The van der Waals surface area contributed by atoms with Crippen LogP contribution in [0.15, 0.2) is 47.5 Å². The molecular weight excluding hydrogens is 405 g/mol. The molecule has 2 atom stereocenters. The molecule has 116 valence electrons. The maximum absolute atomic E-state index is 12.9. The van der Waals surface area contributed by atoms with Gasteiger partial charge in [-0.2, -0.15) is 4.98 Å². The van der Waals surface area contributed by atoms with Crippen LogP contribution in [-0.2, 0) is 0 Å². The lowest BCUT2D eigenvalue weighted by Gasteiger charge is -2.25. The molecule has 0 aliphatic carbocycles. The first-order chi connectivity index (χ1) is 11.2. The maximum Gasteiger partial charge on any atom is 0.283 e. The monoisotopic (exact) mass is 419 g/mol. The Balaban J connectivity index is 2.03. The Bertz CT molecular complexity index is 927. The van der Waals surface area contributed by atoms with Crippen LogP contribution >= 0.6 is 22.6 Å². The molecule has 1 aliphatic heterocycles. The first-order valence-electron chi connectivity index (χ1n) is 7.36. The average Bonchev–Trinajstić information content (AvgIpc) is 2.88. The number of hydrogen-bond acceptors (Lipinski definition) is 5. The van der Waals surface area contributed by atoms with Crippen LogP contribution < -0.4 is 10.5 Å². The molecule has 0 amide bonds. The number of rotatable bonds is 2. The Kier molecular flexibility index (Phi) is 3.51. The molecule has 23 heavy (non-hydrogen) atoms. The van der Waals surface area contributed by atoms with E-state index in [0.29, 0.717) is 17.1 Å². The Hall–Kier alpha value is -2.03. The molecule has 0 unspecified atom stereocenters. The molecule has 1 aliphatic rings. The SMILES string of the molecule is C[C@@H]1[C@@H](CI)N(c2ccccc2)c2nc3nccnc3c(=O)n21. The zero-order valence-electron chi connectivity index (χ0n) is 12.4. The van der Waals surface area contributed by atoms with Gasteiger partial charge in [0.25, 0.3) is 5.56 Å². The van der Waals surface area contributed by atoms with Gasteiger partial charge in [0.05, 0.1) is 12.1 Å². The minimum absolute atomic E-state index is 0.0218. The normalized spacial score (nSPS) is 20.0. The molecule has 0 spiro atoms. The first-order valence-corrected chi connectivity index (χ1v) is 8.88. The first kappa shape index (κ1) is 14.6. The van der Waals surface area contributed by atoms with E-state index in [-0.39, 0.29) is 17.6 Å². The topological polar surface area (TPSA) is 63.9 Å². The second-order valence-corrected chi connectivity index (χ2v) is 6.36. The van der Waals surface area contributed by atoms with E-state index in [2.05, 4.69) is 49.4 Å². The molecule has 0 fully saturated rings. The van der Waals surface area contributed by atoms with Crippen LogP contribution in [0.4, 0.5) is 11.6 Å². The summed E-state index contributed by atoms with van der Waals surface area (Å²) in [4.78, 5) is 28.0. The van der Waals surface area contributed by atoms with Gasteiger partial charge in [0, 0.05) is 22.5 Å². The zero-order chi connectivity index (χ0) is 16.0. The van der Waals surface area contributed by atoms with E-state index in [1.165, 1.54) is 6.20 Å². The second-order valence-electron chi connectivity index (χ2n) is 5.48. The fourth-order valence-corrected chi connectivity index (χ4v) is 4.21. The second kappa shape index (κ2) is 5.55. The number of halogens is 1. The number of nitrogens with zero attached hydrogens (tertiary/aromatic N) is 5. The molecule has 3 heterocycles. The van der Waals surface area contributed by atoms with Crippen molar-refractivity contribution in [1.29, 1.82) is 0 Å². The highest BCUT2D eigenvalue weighted by Gasteiger charge is 2.38. The van der Waals surface area contributed by atoms with Gasteiger partial charge >= 0.3 is 0 Å². The summed E-state index contributed by atoms with van der Waals surface area (Å²) >= 11 is 2.36. The van der Waals surface area contributed by atoms with Crippen LogP contribution in [0.1, 0.15) is 13.0 Å². The van der Waals surface area contributed by atoms with Crippen molar-refractivity contribution in [3.05, 3.63) is 53.1 Å². The fraction of sp³-hybridized carbons (Fsp3) is 0.250. The van der Waals surface area contributed by atoms with Crippen molar-refractivity contribution in [2.75, 3.05) is 9.33 Å². The predicted octanol–water partition coefficient (Wildman–Crippen LogP) is 2.70.